The Labute approximate surface area is 73.6 Å². The number of hydrogen-bond acceptors (Lipinski definition) is 1. The maximum absolute atomic E-state index is 12.2. The van der Waals surface area contributed by atoms with Gasteiger partial charge >= 0.3 is 0 Å². The summed E-state index contributed by atoms with van der Waals surface area (Å²) in [7, 11) is 0. The second kappa shape index (κ2) is 2.75. The average molecular weight is 185 g/mol. The molecule has 0 bridgehead atoms. The van der Waals surface area contributed by atoms with Crippen molar-refractivity contribution in [3.05, 3.63) is 35.4 Å². The molecule has 2 rings (SSSR count). The Hall–Kier alpha value is -1.09. The third-order valence-electron chi connectivity index (χ3n) is 1.68. The lowest BCUT2D eigenvalue weighted by molar-refractivity contribution is 0.484. The molecule has 0 amide bonds. The van der Waals surface area contributed by atoms with Crippen LogP contribution in [-0.2, 0) is 6.67 Å². The average Bonchev–Trinajstić information content (AvgIpc) is 2.52. The molecule has 12 heavy (non-hydrogen) atoms. The molecule has 0 unspecified atom stereocenters. The summed E-state index contributed by atoms with van der Waals surface area (Å²) in [5, 5.41) is 0.530. The summed E-state index contributed by atoms with van der Waals surface area (Å²) in [5.41, 5.74) is 1.36. The quantitative estimate of drug-likeness (QED) is 0.666. The van der Waals surface area contributed by atoms with E-state index in [0.29, 0.717) is 10.6 Å². The minimum Gasteiger partial charge on any atom is -0.305 e. The van der Waals surface area contributed by atoms with Crippen LogP contribution in [0.3, 0.4) is 0 Å². The highest BCUT2D eigenvalue weighted by Gasteiger charge is 2.01. The lowest BCUT2D eigenvalue weighted by atomic mass is 10.3. The minimum absolute atomic E-state index is 0.506. The van der Waals surface area contributed by atoms with Gasteiger partial charge in [0.25, 0.3) is 0 Å². The van der Waals surface area contributed by atoms with Crippen LogP contribution in [-0.4, -0.2) is 9.38 Å². The predicted molar refractivity (Wildman–Crippen MR) is 45.0 cm³/mol. The van der Waals surface area contributed by atoms with E-state index in [1.807, 2.05) is 0 Å². The molecule has 0 saturated heterocycles. The van der Waals surface area contributed by atoms with Gasteiger partial charge in [-0.05, 0) is 6.07 Å². The Morgan fingerprint density at radius 1 is 1.58 bits per heavy atom. The lowest BCUT2D eigenvalue weighted by Gasteiger charge is -1.99. The zero-order valence-corrected chi connectivity index (χ0v) is 6.92. The maximum Gasteiger partial charge on any atom is 0.116 e. The molecule has 0 aliphatic rings. The second-order valence-electron chi connectivity index (χ2n) is 2.52. The third-order valence-corrected chi connectivity index (χ3v) is 1.98. The van der Waals surface area contributed by atoms with E-state index in [2.05, 4.69) is 4.98 Å². The molecule has 2 heterocycles. The fourth-order valence-corrected chi connectivity index (χ4v) is 1.40. The normalized spacial score (nSPS) is 10.8. The van der Waals surface area contributed by atoms with Gasteiger partial charge in [-0.2, -0.15) is 0 Å². The molecule has 0 radical (unpaired) electrons. The van der Waals surface area contributed by atoms with Gasteiger partial charge in [0.1, 0.15) is 6.67 Å². The number of alkyl halides is 1. The number of pyridine rings is 1. The summed E-state index contributed by atoms with van der Waals surface area (Å²) in [5.74, 6) is 0. The van der Waals surface area contributed by atoms with Crippen LogP contribution in [0.1, 0.15) is 5.56 Å². The highest BCUT2D eigenvalue weighted by Crippen LogP contribution is 2.18. The molecule has 0 aromatic carbocycles. The summed E-state index contributed by atoms with van der Waals surface area (Å²) in [4.78, 5) is 3.89. The monoisotopic (exact) mass is 184 g/mol. The molecule has 2 aromatic heterocycles. The molecule has 4 heteroatoms. The minimum atomic E-state index is -0.506. The highest BCUT2D eigenvalue weighted by molar-refractivity contribution is 6.33. The van der Waals surface area contributed by atoms with Crippen LogP contribution < -0.4 is 0 Å². The molecule has 0 aliphatic heterocycles. The smallest absolute Gasteiger partial charge is 0.116 e. The van der Waals surface area contributed by atoms with Crippen LogP contribution in [0, 0.1) is 0 Å². The van der Waals surface area contributed by atoms with Gasteiger partial charge in [0.15, 0.2) is 0 Å². The standard InChI is InChI=1S/C8H6ClFN2/c9-7-1-6(2-10)4-12-5-11-3-8(7)12/h1,3-5H,2H2. The zero-order valence-electron chi connectivity index (χ0n) is 6.17. The third kappa shape index (κ3) is 1.06. The largest absolute Gasteiger partial charge is 0.305 e. The fraction of sp³-hybridized carbons (Fsp3) is 0.125. The van der Waals surface area contributed by atoms with Gasteiger partial charge in [0, 0.05) is 11.8 Å². The van der Waals surface area contributed by atoms with Gasteiger partial charge in [0.05, 0.1) is 23.1 Å². The molecule has 0 N–H and O–H groups in total. The summed E-state index contributed by atoms with van der Waals surface area (Å²) in [6, 6.07) is 1.61. The molecule has 0 spiro atoms. The first-order valence-corrected chi connectivity index (χ1v) is 3.85. The van der Waals surface area contributed by atoms with Crippen molar-refractivity contribution in [2.75, 3.05) is 0 Å². The van der Waals surface area contributed by atoms with Gasteiger partial charge < -0.3 is 4.40 Å². The van der Waals surface area contributed by atoms with Gasteiger partial charge in [-0.1, -0.05) is 11.6 Å². The number of fused-ring (bicyclic) bond motifs is 1. The number of imidazole rings is 1. The van der Waals surface area contributed by atoms with Gasteiger partial charge in [-0.3, -0.25) is 0 Å². The molecule has 0 atom stereocenters. The molecule has 2 aromatic rings. The van der Waals surface area contributed by atoms with E-state index in [0.717, 1.165) is 5.52 Å². The Kier molecular flexibility index (Phi) is 1.73. The Morgan fingerprint density at radius 2 is 2.42 bits per heavy atom. The molecule has 2 nitrogen and oxygen atoms in total. The van der Waals surface area contributed by atoms with Crippen LogP contribution in [0.2, 0.25) is 5.02 Å². The topological polar surface area (TPSA) is 17.3 Å². The van der Waals surface area contributed by atoms with Crippen molar-refractivity contribution in [3.63, 3.8) is 0 Å². The molecular weight excluding hydrogens is 179 g/mol. The SMILES string of the molecule is FCc1cc(Cl)c2cncn2c1. The maximum atomic E-state index is 12.2. The van der Waals surface area contributed by atoms with Crippen molar-refractivity contribution in [1.82, 2.24) is 9.38 Å². The predicted octanol–water partition coefficient (Wildman–Crippen LogP) is 2.46. The van der Waals surface area contributed by atoms with Crippen molar-refractivity contribution in [3.8, 4) is 0 Å². The van der Waals surface area contributed by atoms with Crippen LogP contribution in [0.15, 0.2) is 24.8 Å². The Morgan fingerprint density at radius 3 is 3.17 bits per heavy atom. The van der Waals surface area contributed by atoms with E-state index in [1.54, 1.807) is 29.2 Å². The van der Waals surface area contributed by atoms with Crippen molar-refractivity contribution in [2.24, 2.45) is 0 Å². The van der Waals surface area contributed by atoms with Gasteiger partial charge in [-0.25, -0.2) is 9.37 Å². The van der Waals surface area contributed by atoms with Crippen molar-refractivity contribution < 1.29 is 4.39 Å². The number of halogens is 2. The van der Waals surface area contributed by atoms with Crippen LogP contribution >= 0.6 is 11.6 Å². The van der Waals surface area contributed by atoms with Crippen molar-refractivity contribution >= 4 is 17.1 Å². The van der Waals surface area contributed by atoms with Crippen molar-refractivity contribution in [2.45, 2.75) is 6.67 Å². The molecule has 0 saturated carbocycles. The molecule has 0 aliphatic carbocycles. The zero-order chi connectivity index (χ0) is 8.55. The fourth-order valence-electron chi connectivity index (χ4n) is 1.12. The van der Waals surface area contributed by atoms with Crippen LogP contribution in [0.5, 0.6) is 0 Å². The first-order valence-electron chi connectivity index (χ1n) is 3.47. The van der Waals surface area contributed by atoms with E-state index in [-0.39, 0.29) is 0 Å². The van der Waals surface area contributed by atoms with Crippen molar-refractivity contribution in [1.29, 1.82) is 0 Å². The highest BCUT2D eigenvalue weighted by atomic mass is 35.5. The summed E-state index contributed by atoms with van der Waals surface area (Å²) in [6.45, 7) is -0.506. The summed E-state index contributed by atoms with van der Waals surface area (Å²) in [6.07, 6.45) is 4.92. The van der Waals surface area contributed by atoms with Gasteiger partial charge in [-0.15, -0.1) is 0 Å². The molecule has 62 valence electrons. The van der Waals surface area contributed by atoms with E-state index in [9.17, 15) is 4.39 Å². The first kappa shape index (κ1) is 7.55. The van der Waals surface area contributed by atoms with Crippen LogP contribution in [0.25, 0.3) is 5.52 Å². The number of rotatable bonds is 1. The Bertz CT molecular complexity index is 410. The summed E-state index contributed by atoms with van der Waals surface area (Å²) >= 11 is 5.85. The van der Waals surface area contributed by atoms with Gasteiger partial charge in [0.2, 0.25) is 0 Å². The number of nitrogens with zero attached hydrogens (tertiary/aromatic N) is 2. The van der Waals surface area contributed by atoms with E-state index >= 15 is 0 Å². The van der Waals surface area contributed by atoms with E-state index < -0.39 is 6.67 Å². The summed E-state index contributed by atoms with van der Waals surface area (Å²) < 4.78 is 14.0. The van der Waals surface area contributed by atoms with Crippen LogP contribution in [0.4, 0.5) is 4.39 Å². The first-order chi connectivity index (χ1) is 5.81. The Balaban J connectivity index is 2.75. The number of aromatic nitrogens is 2. The van der Waals surface area contributed by atoms with E-state index in [1.165, 1.54) is 0 Å². The molecular formula is C8H6ClFN2. The second-order valence-corrected chi connectivity index (χ2v) is 2.92. The number of hydrogen-bond donors (Lipinski definition) is 0. The molecule has 0 fully saturated rings. The van der Waals surface area contributed by atoms with E-state index in [4.69, 9.17) is 11.6 Å². The lowest BCUT2D eigenvalue weighted by Crippen LogP contribution is -1.87.